The summed E-state index contributed by atoms with van der Waals surface area (Å²) in [6.45, 7) is 6.53. The summed E-state index contributed by atoms with van der Waals surface area (Å²) in [7, 11) is 0. The van der Waals surface area contributed by atoms with Crippen LogP contribution in [0.4, 0.5) is 4.39 Å². The summed E-state index contributed by atoms with van der Waals surface area (Å²) < 4.78 is 25.9. The Kier molecular flexibility index (Phi) is 8.15. The molecule has 2 fully saturated rings. The number of carbonyl (C=O) groups excluding carboxylic acids is 2. The molecule has 2 aromatic carbocycles. The minimum absolute atomic E-state index is 0.103. The van der Waals surface area contributed by atoms with E-state index in [0.717, 1.165) is 26.1 Å². The minimum Gasteiger partial charge on any atom is -0.507 e. The van der Waals surface area contributed by atoms with Crippen molar-refractivity contribution in [2.75, 3.05) is 46.0 Å². The molecule has 0 saturated carbocycles. The molecule has 7 nitrogen and oxygen atoms in total. The molecular formula is C27H31FN2O5. The lowest BCUT2D eigenvalue weighted by atomic mass is 9.95. The van der Waals surface area contributed by atoms with Gasteiger partial charge in [0.05, 0.1) is 31.4 Å². The maximum Gasteiger partial charge on any atom is 0.295 e. The monoisotopic (exact) mass is 482 g/mol. The Morgan fingerprint density at radius 3 is 2.49 bits per heavy atom. The number of likely N-dealkylation sites (tertiary alicyclic amines) is 1. The second-order valence-electron chi connectivity index (χ2n) is 8.69. The van der Waals surface area contributed by atoms with Crippen molar-refractivity contribution in [1.82, 2.24) is 9.80 Å². The van der Waals surface area contributed by atoms with Gasteiger partial charge in [-0.2, -0.15) is 0 Å². The zero-order valence-electron chi connectivity index (χ0n) is 19.9. The van der Waals surface area contributed by atoms with Crippen LogP contribution in [-0.2, 0) is 14.3 Å². The second kappa shape index (κ2) is 11.5. The predicted molar refractivity (Wildman–Crippen MR) is 130 cm³/mol. The van der Waals surface area contributed by atoms with E-state index in [1.54, 1.807) is 42.5 Å². The smallest absolute Gasteiger partial charge is 0.295 e. The van der Waals surface area contributed by atoms with Gasteiger partial charge in [-0.1, -0.05) is 25.1 Å². The van der Waals surface area contributed by atoms with Gasteiger partial charge in [-0.05, 0) is 43.2 Å². The molecule has 2 heterocycles. The van der Waals surface area contributed by atoms with Crippen LogP contribution in [0.2, 0.25) is 0 Å². The lowest BCUT2D eigenvalue weighted by Gasteiger charge is -2.29. The molecular weight excluding hydrogens is 451 g/mol. The molecule has 0 bridgehead atoms. The van der Waals surface area contributed by atoms with Crippen molar-refractivity contribution in [2.24, 2.45) is 0 Å². The van der Waals surface area contributed by atoms with Gasteiger partial charge in [-0.3, -0.25) is 14.5 Å². The predicted octanol–water partition coefficient (Wildman–Crippen LogP) is 3.76. The van der Waals surface area contributed by atoms with Crippen molar-refractivity contribution in [1.29, 1.82) is 0 Å². The summed E-state index contributed by atoms with van der Waals surface area (Å²) in [5.41, 5.74) is 0.442. The van der Waals surface area contributed by atoms with E-state index in [4.69, 9.17) is 9.47 Å². The number of hydrogen-bond donors (Lipinski definition) is 1. The van der Waals surface area contributed by atoms with Crippen molar-refractivity contribution >= 4 is 17.4 Å². The van der Waals surface area contributed by atoms with E-state index in [1.807, 2.05) is 6.92 Å². The van der Waals surface area contributed by atoms with Crippen LogP contribution < -0.4 is 4.74 Å². The number of Topliss-reactive ketones (excluding diaryl/α,β-unsaturated/α-hetero) is 1. The van der Waals surface area contributed by atoms with E-state index in [-0.39, 0.29) is 23.4 Å². The zero-order valence-corrected chi connectivity index (χ0v) is 19.9. The molecule has 186 valence electrons. The van der Waals surface area contributed by atoms with Crippen LogP contribution in [0.15, 0.2) is 54.1 Å². The molecule has 2 aliphatic rings. The molecule has 1 N–H and O–H groups in total. The first kappa shape index (κ1) is 24.9. The molecule has 2 aromatic rings. The molecule has 1 atom stereocenters. The lowest BCUT2D eigenvalue weighted by molar-refractivity contribution is -0.140. The van der Waals surface area contributed by atoms with Gasteiger partial charge in [0.2, 0.25) is 0 Å². The molecule has 0 aliphatic carbocycles. The van der Waals surface area contributed by atoms with E-state index in [0.29, 0.717) is 37.6 Å². The third kappa shape index (κ3) is 5.55. The average molecular weight is 483 g/mol. The summed E-state index contributed by atoms with van der Waals surface area (Å²) in [5, 5.41) is 11.1. The Balaban J connectivity index is 1.64. The SMILES string of the molecule is CCCOc1ccc(/C(O)=C2/C(=O)C(=O)N(CCCN3CCOCC3)C2c2ccccc2F)cc1. The zero-order chi connectivity index (χ0) is 24.8. The third-order valence-corrected chi connectivity index (χ3v) is 6.32. The number of benzene rings is 2. The highest BCUT2D eigenvalue weighted by atomic mass is 19.1. The Morgan fingerprint density at radius 2 is 1.80 bits per heavy atom. The van der Waals surface area contributed by atoms with Crippen LogP contribution >= 0.6 is 0 Å². The maximum atomic E-state index is 14.9. The van der Waals surface area contributed by atoms with Crippen LogP contribution in [-0.4, -0.2) is 72.6 Å². The number of ether oxygens (including phenoxy) is 2. The first-order chi connectivity index (χ1) is 17.0. The van der Waals surface area contributed by atoms with Crippen LogP contribution in [0.25, 0.3) is 5.76 Å². The molecule has 0 aromatic heterocycles. The summed E-state index contributed by atoms with van der Waals surface area (Å²) in [5.74, 6) is -1.77. The van der Waals surface area contributed by atoms with Crippen molar-refractivity contribution in [2.45, 2.75) is 25.8 Å². The average Bonchev–Trinajstić information content (AvgIpc) is 3.13. The number of aliphatic hydroxyl groups excluding tert-OH is 1. The molecule has 0 radical (unpaired) electrons. The molecule has 4 rings (SSSR count). The van der Waals surface area contributed by atoms with Crippen molar-refractivity contribution in [3.8, 4) is 5.75 Å². The van der Waals surface area contributed by atoms with Gasteiger partial charge in [0.15, 0.2) is 0 Å². The summed E-state index contributed by atoms with van der Waals surface area (Å²) >= 11 is 0. The van der Waals surface area contributed by atoms with Gasteiger partial charge in [0, 0.05) is 37.3 Å². The molecule has 0 spiro atoms. The van der Waals surface area contributed by atoms with Gasteiger partial charge >= 0.3 is 0 Å². The van der Waals surface area contributed by atoms with E-state index in [2.05, 4.69) is 4.90 Å². The highest BCUT2D eigenvalue weighted by Gasteiger charge is 2.46. The van der Waals surface area contributed by atoms with Crippen molar-refractivity contribution < 1.29 is 28.6 Å². The fourth-order valence-electron chi connectivity index (χ4n) is 4.50. The summed E-state index contributed by atoms with van der Waals surface area (Å²) in [6.07, 6.45) is 1.47. The van der Waals surface area contributed by atoms with Gasteiger partial charge in [-0.15, -0.1) is 0 Å². The number of rotatable bonds is 9. The van der Waals surface area contributed by atoms with Gasteiger partial charge in [0.1, 0.15) is 17.3 Å². The van der Waals surface area contributed by atoms with E-state index < -0.39 is 23.5 Å². The van der Waals surface area contributed by atoms with E-state index in [9.17, 15) is 19.1 Å². The fourth-order valence-corrected chi connectivity index (χ4v) is 4.50. The maximum absolute atomic E-state index is 14.9. The van der Waals surface area contributed by atoms with E-state index >= 15 is 0 Å². The number of aliphatic hydroxyl groups is 1. The number of carbonyl (C=O) groups is 2. The van der Waals surface area contributed by atoms with E-state index in [1.165, 1.54) is 11.0 Å². The molecule has 8 heteroatoms. The first-order valence-electron chi connectivity index (χ1n) is 12.1. The highest BCUT2D eigenvalue weighted by molar-refractivity contribution is 6.46. The molecule has 2 aliphatic heterocycles. The summed E-state index contributed by atoms with van der Waals surface area (Å²) in [4.78, 5) is 29.8. The molecule has 1 amide bonds. The van der Waals surface area contributed by atoms with Crippen molar-refractivity contribution in [3.05, 3.63) is 71.0 Å². The minimum atomic E-state index is -1.00. The number of morpholine rings is 1. The first-order valence-corrected chi connectivity index (χ1v) is 12.1. The van der Waals surface area contributed by atoms with Crippen LogP contribution in [0.1, 0.15) is 36.9 Å². The Hall–Kier alpha value is -3.23. The molecule has 35 heavy (non-hydrogen) atoms. The van der Waals surface area contributed by atoms with Gasteiger partial charge in [-0.25, -0.2) is 4.39 Å². The number of halogens is 1. The lowest BCUT2D eigenvalue weighted by Crippen LogP contribution is -2.39. The second-order valence-corrected chi connectivity index (χ2v) is 8.69. The van der Waals surface area contributed by atoms with Crippen LogP contribution in [0.3, 0.4) is 0 Å². The van der Waals surface area contributed by atoms with Gasteiger partial charge in [0.25, 0.3) is 11.7 Å². The molecule has 1 unspecified atom stereocenters. The standard InChI is InChI=1S/C27H31FN2O5/c1-2-16-35-20-10-8-19(9-11-20)25(31)23-24(21-6-3-4-7-22(21)28)30(27(33)26(23)32)13-5-12-29-14-17-34-18-15-29/h3-4,6-11,24,31H,2,5,12-18H2,1H3/b25-23-. The normalized spacial score (nSPS) is 20.4. The Labute approximate surface area is 204 Å². The number of nitrogens with zero attached hydrogens (tertiary/aromatic N) is 2. The number of hydrogen-bond acceptors (Lipinski definition) is 6. The topological polar surface area (TPSA) is 79.3 Å². The Bertz CT molecular complexity index is 1080. The van der Waals surface area contributed by atoms with Crippen LogP contribution in [0.5, 0.6) is 5.75 Å². The quantitative estimate of drug-likeness (QED) is 0.333. The number of ketones is 1. The third-order valence-electron chi connectivity index (χ3n) is 6.32. The number of amides is 1. The highest BCUT2D eigenvalue weighted by Crippen LogP contribution is 2.40. The van der Waals surface area contributed by atoms with Crippen LogP contribution in [0, 0.1) is 5.82 Å². The largest absolute Gasteiger partial charge is 0.507 e. The Morgan fingerprint density at radius 1 is 1.09 bits per heavy atom. The van der Waals surface area contributed by atoms with Crippen molar-refractivity contribution in [3.63, 3.8) is 0 Å². The summed E-state index contributed by atoms with van der Waals surface area (Å²) in [6, 6.07) is 11.7. The fraction of sp³-hybridized carbons (Fsp3) is 0.407. The van der Waals surface area contributed by atoms with Gasteiger partial charge < -0.3 is 19.5 Å². The molecule has 2 saturated heterocycles.